The first-order valence-electron chi connectivity index (χ1n) is 8.94. The number of carbonyl (C=O) groups is 3. The number of fused-ring (bicyclic) bond motifs is 1. The van der Waals surface area contributed by atoms with Gasteiger partial charge < -0.3 is 20.1 Å². The van der Waals surface area contributed by atoms with Gasteiger partial charge in [0.15, 0.2) is 0 Å². The van der Waals surface area contributed by atoms with Gasteiger partial charge in [-0.2, -0.15) is 0 Å². The van der Waals surface area contributed by atoms with E-state index >= 15 is 0 Å². The molecule has 0 fully saturated rings. The highest BCUT2D eigenvalue weighted by Gasteiger charge is 2.30. The second-order valence-corrected chi connectivity index (χ2v) is 6.42. The molecule has 0 saturated heterocycles. The predicted molar refractivity (Wildman–Crippen MR) is 101 cm³/mol. The fraction of sp³-hybridized carbons (Fsp3) is 0.250. The molecule has 0 aliphatic carbocycles. The molecule has 2 aromatic rings. The van der Waals surface area contributed by atoms with Gasteiger partial charge in [0.1, 0.15) is 18.2 Å². The number of carbonyl (C=O) groups excluding carboxylic acids is 3. The van der Waals surface area contributed by atoms with E-state index in [1.165, 1.54) is 24.3 Å². The number of nitrogens with zero attached hydrogens (tertiary/aromatic N) is 1. The van der Waals surface area contributed by atoms with E-state index < -0.39 is 17.9 Å². The lowest BCUT2D eigenvalue weighted by Gasteiger charge is -2.25. The van der Waals surface area contributed by atoms with Crippen molar-refractivity contribution < 1.29 is 28.6 Å². The molecule has 0 saturated carbocycles. The second kappa shape index (κ2) is 9.16. The molecule has 1 aliphatic rings. The molecule has 152 valence electrons. The zero-order chi connectivity index (χ0) is 20.8. The summed E-state index contributed by atoms with van der Waals surface area (Å²) in [6.45, 7) is 0.450. The summed E-state index contributed by atoms with van der Waals surface area (Å²) in [7, 11) is 0. The molecular formula is C20H20FN3O5. The molecule has 29 heavy (non-hydrogen) atoms. The quantitative estimate of drug-likeness (QED) is 0.579. The van der Waals surface area contributed by atoms with Crippen LogP contribution >= 0.6 is 0 Å². The van der Waals surface area contributed by atoms with Crippen molar-refractivity contribution in [3.63, 3.8) is 0 Å². The molecular weight excluding hydrogens is 381 g/mol. The van der Waals surface area contributed by atoms with Gasteiger partial charge in [0, 0.05) is 18.7 Å². The zero-order valence-corrected chi connectivity index (χ0v) is 15.4. The molecule has 3 N–H and O–H groups in total. The van der Waals surface area contributed by atoms with E-state index in [9.17, 15) is 18.8 Å². The minimum absolute atomic E-state index is 0.123. The monoisotopic (exact) mass is 401 g/mol. The molecule has 0 radical (unpaired) electrons. The van der Waals surface area contributed by atoms with Crippen LogP contribution in [0.15, 0.2) is 42.5 Å². The Morgan fingerprint density at radius 2 is 2.03 bits per heavy atom. The van der Waals surface area contributed by atoms with Gasteiger partial charge in [-0.05, 0) is 35.4 Å². The number of amides is 4. The summed E-state index contributed by atoms with van der Waals surface area (Å²) < 4.78 is 18.6. The van der Waals surface area contributed by atoms with Crippen LogP contribution in [-0.4, -0.2) is 48.1 Å². The Balaban J connectivity index is 1.78. The molecule has 0 aromatic heterocycles. The molecule has 2 aromatic carbocycles. The number of nitrogens with one attached hydrogen (secondary N) is 2. The number of hydrogen-bond acceptors (Lipinski definition) is 5. The fourth-order valence-corrected chi connectivity index (χ4v) is 3.14. The van der Waals surface area contributed by atoms with Crippen LogP contribution in [0.2, 0.25) is 0 Å². The van der Waals surface area contributed by atoms with E-state index in [-0.39, 0.29) is 32.1 Å². The van der Waals surface area contributed by atoms with Crippen molar-refractivity contribution >= 4 is 18.3 Å². The Kier molecular flexibility index (Phi) is 6.40. The first kappa shape index (κ1) is 20.3. The number of rotatable bonds is 8. The van der Waals surface area contributed by atoms with Crippen LogP contribution in [0, 0.1) is 5.82 Å². The highest BCUT2D eigenvalue weighted by Crippen LogP contribution is 2.28. The zero-order valence-electron chi connectivity index (χ0n) is 15.4. The van der Waals surface area contributed by atoms with Gasteiger partial charge >= 0.3 is 6.03 Å². The molecule has 1 aliphatic heterocycles. The van der Waals surface area contributed by atoms with Crippen LogP contribution in [0.5, 0.6) is 5.75 Å². The molecule has 0 unspecified atom stereocenters. The first-order chi connectivity index (χ1) is 14.0. The van der Waals surface area contributed by atoms with E-state index in [2.05, 4.69) is 5.32 Å². The summed E-state index contributed by atoms with van der Waals surface area (Å²) in [4.78, 5) is 36.7. The van der Waals surface area contributed by atoms with E-state index in [4.69, 9.17) is 9.84 Å². The Hall–Kier alpha value is -3.46. The van der Waals surface area contributed by atoms with Crippen LogP contribution in [-0.2, 0) is 11.3 Å². The minimum Gasteiger partial charge on any atom is -0.491 e. The van der Waals surface area contributed by atoms with Gasteiger partial charge in [0.25, 0.3) is 5.91 Å². The molecule has 9 heteroatoms. The van der Waals surface area contributed by atoms with Gasteiger partial charge in [-0.15, -0.1) is 0 Å². The highest BCUT2D eigenvalue weighted by atomic mass is 19.1. The maximum atomic E-state index is 13.3. The lowest BCUT2D eigenvalue weighted by atomic mass is 10.1. The van der Waals surface area contributed by atoms with Gasteiger partial charge in [-0.25, -0.2) is 9.18 Å². The Morgan fingerprint density at radius 3 is 2.72 bits per heavy atom. The third-order valence-electron chi connectivity index (χ3n) is 4.49. The van der Waals surface area contributed by atoms with Crippen LogP contribution in [0.3, 0.4) is 0 Å². The van der Waals surface area contributed by atoms with Gasteiger partial charge in [0.05, 0.1) is 12.6 Å². The number of benzene rings is 2. The van der Waals surface area contributed by atoms with Gasteiger partial charge in [-0.3, -0.25) is 14.9 Å². The van der Waals surface area contributed by atoms with Crippen LogP contribution in [0.4, 0.5) is 9.18 Å². The molecule has 1 atom stereocenters. The van der Waals surface area contributed by atoms with Crippen molar-refractivity contribution in [3.8, 4) is 5.75 Å². The summed E-state index contributed by atoms with van der Waals surface area (Å²) in [5.41, 5.74) is 1.88. The summed E-state index contributed by atoms with van der Waals surface area (Å²) in [5, 5.41) is 13.5. The largest absolute Gasteiger partial charge is 0.491 e. The normalized spacial score (nSPS) is 13.6. The van der Waals surface area contributed by atoms with Crippen molar-refractivity contribution in [3.05, 3.63) is 65.0 Å². The number of halogens is 1. The molecule has 3 rings (SSSR count). The van der Waals surface area contributed by atoms with Crippen molar-refractivity contribution in [2.45, 2.75) is 12.6 Å². The smallest absolute Gasteiger partial charge is 0.321 e. The van der Waals surface area contributed by atoms with Crippen molar-refractivity contribution in [2.75, 3.05) is 19.8 Å². The Morgan fingerprint density at radius 1 is 1.28 bits per heavy atom. The minimum atomic E-state index is -0.724. The summed E-state index contributed by atoms with van der Waals surface area (Å²) in [6.07, 6.45) is 0.252. The Bertz CT molecular complexity index is 903. The average molecular weight is 401 g/mol. The predicted octanol–water partition coefficient (Wildman–Crippen LogP) is 1.35. The maximum Gasteiger partial charge on any atom is 0.321 e. The average Bonchev–Trinajstić information content (AvgIpc) is 3.02. The number of aliphatic hydroxyl groups is 1. The van der Waals surface area contributed by atoms with E-state index in [0.29, 0.717) is 23.4 Å². The lowest BCUT2D eigenvalue weighted by Crippen LogP contribution is -2.42. The molecule has 0 spiro atoms. The topological polar surface area (TPSA) is 108 Å². The first-order valence-corrected chi connectivity index (χ1v) is 8.94. The van der Waals surface area contributed by atoms with Crippen molar-refractivity contribution in [1.82, 2.24) is 15.5 Å². The number of ether oxygens (including phenoxy) is 1. The van der Waals surface area contributed by atoms with E-state index in [1.54, 1.807) is 23.1 Å². The van der Waals surface area contributed by atoms with Crippen LogP contribution < -0.4 is 15.4 Å². The number of aliphatic hydroxyl groups excluding tert-OH is 1. The van der Waals surface area contributed by atoms with Gasteiger partial charge in [-0.1, -0.05) is 18.2 Å². The summed E-state index contributed by atoms with van der Waals surface area (Å²) in [6, 6.07) is 9.27. The fourth-order valence-electron chi connectivity index (χ4n) is 3.14. The molecule has 8 nitrogen and oxygen atoms in total. The maximum absolute atomic E-state index is 13.3. The highest BCUT2D eigenvalue weighted by molar-refractivity contribution is 5.98. The van der Waals surface area contributed by atoms with Crippen molar-refractivity contribution in [1.29, 1.82) is 0 Å². The standard InChI is InChI=1S/C20H20FN3O5/c21-15-4-1-13(2-5-15)18(23-20(28)22-12-26)11-24-10-14-3-6-16(29-8-7-25)9-17(14)19(24)27/h1-6,9,12,18,25H,7-8,10-11H2,(H2,22,23,26,28)/t18-/m0/s1. The van der Waals surface area contributed by atoms with Crippen LogP contribution in [0.1, 0.15) is 27.5 Å². The lowest BCUT2D eigenvalue weighted by molar-refractivity contribution is -0.108. The molecule has 1 heterocycles. The summed E-state index contributed by atoms with van der Waals surface area (Å²) in [5.74, 6) is -0.185. The van der Waals surface area contributed by atoms with E-state index in [0.717, 1.165) is 5.56 Å². The number of urea groups is 1. The second-order valence-electron chi connectivity index (χ2n) is 6.42. The summed E-state index contributed by atoms with van der Waals surface area (Å²) >= 11 is 0. The van der Waals surface area contributed by atoms with Gasteiger partial charge in [0.2, 0.25) is 6.41 Å². The number of hydrogen-bond donors (Lipinski definition) is 3. The molecule has 4 amide bonds. The third kappa shape index (κ3) is 4.88. The van der Waals surface area contributed by atoms with Crippen LogP contribution in [0.25, 0.3) is 0 Å². The number of imide groups is 1. The molecule has 0 bridgehead atoms. The van der Waals surface area contributed by atoms with Crippen molar-refractivity contribution in [2.24, 2.45) is 0 Å². The van der Waals surface area contributed by atoms with E-state index in [1.807, 2.05) is 5.32 Å². The Labute approximate surface area is 166 Å². The third-order valence-corrected chi connectivity index (χ3v) is 4.49. The SMILES string of the molecule is O=CNC(=O)N[C@@H](CN1Cc2ccc(OCCO)cc2C1=O)c1ccc(F)cc1.